The van der Waals surface area contributed by atoms with Gasteiger partial charge in [-0.25, -0.2) is 0 Å². The summed E-state index contributed by atoms with van der Waals surface area (Å²) in [7, 11) is 0. The molecule has 1 atom stereocenters. The first-order valence-corrected chi connectivity index (χ1v) is 5.43. The van der Waals surface area contributed by atoms with Gasteiger partial charge in [0.2, 0.25) is 0 Å². The van der Waals surface area contributed by atoms with Crippen LogP contribution in [0.15, 0.2) is 30.3 Å². The fourth-order valence-electron chi connectivity index (χ4n) is 1.45. The van der Waals surface area contributed by atoms with Crippen LogP contribution >= 0.6 is 0 Å². The monoisotopic (exact) mass is 207 g/mol. The Morgan fingerprint density at radius 2 is 2.07 bits per heavy atom. The number of para-hydroxylation sites is 1. The van der Waals surface area contributed by atoms with Crippen molar-refractivity contribution >= 4 is 0 Å². The van der Waals surface area contributed by atoms with E-state index in [1.807, 2.05) is 30.3 Å². The van der Waals surface area contributed by atoms with Crippen LogP contribution < -0.4 is 10.1 Å². The Labute approximate surface area is 90.1 Å². The van der Waals surface area contributed by atoms with E-state index >= 15 is 0 Å². The van der Waals surface area contributed by atoms with E-state index in [1.165, 1.54) is 12.8 Å². The van der Waals surface area contributed by atoms with Crippen molar-refractivity contribution in [1.29, 1.82) is 0 Å². The number of hydrogen-bond acceptors (Lipinski definition) is 3. The highest BCUT2D eigenvalue weighted by Gasteiger charge is 2.24. The second-order valence-electron chi connectivity index (χ2n) is 3.94. The largest absolute Gasteiger partial charge is 0.492 e. The fourth-order valence-corrected chi connectivity index (χ4v) is 1.45. The van der Waals surface area contributed by atoms with Gasteiger partial charge < -0.3 is 15.2 Å². The Bertz CT molecular complexity index is 285. The van der Waals surface area contributed by atoms with Gasteiger partial charge in [-0.1, -0.05) is 18.2 Å². The molecule has 1 fully saturated rings. The molecule has 0 bridgehead atoms. The highest BCUT2D eigenvalue weighted by molar-refractivity contribution is 5.20. The molecular weight excluding hydrogens is 190 g/mol. The highest BCUT2D eigenvalue weighted by atomic mass is 16.5. The van der Waals surface area contributed by atoms with Gasteiger partial charge in [-0.05, 0) is 25.0 Å². The number of rotatable bonds is 6. The predicted octanol–water partition coefficient (Wildman–Crippen LogP) is 1.18. The second-order valence-corrected chi connectivity index (χ2v) is 3.94. The van der Waals surface area contributed by atoms with Crippen LogP contribution in [0, 0.1) is 0 Å². The lowest BCUT2D eigenvalue weighted by Gasteiger charge is -2.16. The molecule has 0 spiro atoms. The summed E-state index contributed by atoms with van der Waals surface area (Å²) in [5, 5.41) is 12.5. The molecule has 15 heavy (non-hydrogen) atoms. The second kappa shape index (κ2) is 5.14. The summed E-state index contributed by atoms with van der Waals surface area (Å²) in [6.07, 6.45) is 2.45. The fraction of sp³-hybridized carbons (Fsp3) is 0.500. The molecule has 2 rings (SSSR count). The van der Waals surface area contributed by atoms with Crippen LogP contribution in [0.25, 0.3) is 0 Å². The molecule has 82 valence electrons. The Morgan fingerprint density at radius 3 is 2.67 bits per heavy atom. The van der Waals surface area contributed by atoms with Crippen LogP contribution in [0.4, 0.5) is 0 Å². The summed E-state index contributed by atoms with van der Waals surface area (Å²) in [5.41, 5.74) is 0. The van der Waals surface area contributed by atoms with E-state index in [-0.39, 0.29) is 12.6 Å². The average molecular weight is 207 g/mol. The standard InChI is InChI=1S/C12H17NO2/c14-8-11(13-10-6-7-10)9-15-12-4-2-1-3-5-12/h1-5,10-11,13-14H,6-9H2. The third kappa shape index (κ3) is 3.53. The van der Waals surface area contributed by atoms with Crippen LogP contribution in [0.5, 0.6) is 5.75 Å². The van der Waals surface area contributed by atoms with Gasteiger partial charge in [-0.2, -0.15) is 0 Å². The van der Waals surface area contributed by atoms with Gasteiger partial charge in [0, 0.05) is 6.04 Å². The van der Waals surface area contributed by atoms with Gasteiger partial charge in [0.1, 0.15) is 12.4 Å². The minimum Gasteiger partial charge on any atom is -0.492 e. The Kier molecular flexibility index (Phi) is 3.59. The van der Waals surface area contributed by atoms with Crippen molar-refractivity contribution in [2.24, 2.45) is 0 Å². The van der Waals surface area contributed by atoms with Crippen LogP contribution in [0.1, 0.15) is 12.8 Å². The third-order valence-electron chi connectivity index (χ3n) is 2.46. The Balaban J connectivity index is 1.75. The molecule has 0 saturated heterocycles. The molecule has 1 aliphatic carbocycles. The van der Waals surface area contributed by atoms with E-state index in [0.29, 0.717) is 12.6 Å². The maximum atomic E-state index is 9.14. The molecule has 1 saturated carbocycles. The topological polar surface area (TPSA) is 41.5 Å². The summed E-state index contributed by atoms with van der Waals surface area (Å²) in [6.45, 7) is 0.653. The highest BCUT2D eigenvalue weighted by Crippen LogP contribution is 2.19. The molecule has 1 aromatic rings. The average Bonchev–Trinajstić information content (AvgIpc) is 3.09. The summed E-state index contributed by atoms with van der Waals surface area (Å²) in [4.78, 5) is 0. The zero-order valence-corrected chi connectivity index (χ0v) is 8.73. The van der Waals surface area contributed by atoms with Gasteiger partial charge in [-0.3, -0.25) is 0 Å². The Hall–Kier alpha value is -1.06. The van der Waals surface area contributed by atoms with E-state index in [4.69, 9.17) is 9.84 Å². The van der Waals surface area contributed by atoms with E-state index in [2.05, 4.69) is 5.32 Å². The number of ether oxygens (including phenoxy) is 1. The van der Waals surface area contributed by atoms with Gasteiger partial charge in [-0.15, -0.1) is 0 Å². The molecule has 3 heteroatoms. The maximum absolute atomic E-state index is 9.14. The van der Waals surface area contributed by atoms with Crippen molar-refractivity contribution in [1.82, 2.24) is 5.32 Å². The number of aliphatic hydroxyl groups is 1. The lowest BCUT2D eigenvalue weighted by atomic mass is 10.3. The molecule has 1 aromatic carbocycles. The minimum absolute atomic E-state index is 0.0534. The number of hydrogen-bond donors (Lipinski definition) is 2. The molecule has 0 aromatic heterocycles. The smallest absolute Gasteiger partial charge is 0.119 e. The maximum Gasteiger partial charge on any atom is 0.119 e. The molecular formula is C12H17NO2. The summed E-state index contributed by atoms with van der Waals surface area (Å²) < 4.78 is 5.57. The summed E-state index contributed by atoms with van der Waals surface area (Å²) in [6, 6.07) is 10.3. The summed E-state index contributed by atoms with van der Waals surface area (Å²) in [5.74, 6) is 0.855. The number of benzene rings is 1. The molecule has 0 aliphatic heterocycles. The first kappa shape index (κ1) is 10.5. The summed E-state index contributed by atoms with van der Waals surface area (Å²) >= 11 is 0. The van der Waals surface area contributed by atoms with Gasteiger partial charge in [0.05, 0.1) is 12.6 Å². The van der Waals surface area contributed by atoms with Crippen LogP contribution in [-0.2, 0) is 0 Å². The van der Waals surface area contributed by atoms with Gasteiger partial charge in [0.25, 0.3) is 0 Å². The quantitative estimate of drug-likeness (QED) is 0.736. The van der Waals surface area contributed by atoms with Gasteiger partial charge >= 0.3 is 0 Å². The lowest BCUT2D eigenvalue weighted by molar-refractivity contribution is 0.182. The number of nitrogens with one attached hydrogen (secondary N) is 1. The first-order valence-electron chi connectivity index (χ1n) is 5.43. The predicted molar refractivity (Wildman–Crippen MR) is 59.0 cm³/mol. The van der Waals surface area contributed by atoms with E-state index in [9.17, 15) is 0 Å². The van der Waals surface area contributed by atoms with Crippen molar-refractivity contribution in [3.8, 4) is 5.75 Å². The van der Waals surface area contributed by atoms with Crippen molar-refractivity contribution in [2.45, 2.75) is 24.9 Å². The zero-order chi connectivity index (χ0) is 10.5. The lowest BCUT2D eigenvalue weighted by Crippen LogP contribution is -2.39. The number of aliphatic hydroxyl groups excluding tert-OH is 1. The van der Waals surface area contributed by atoms with E-state index in [1.54, 1.807) is 0 Å². The molecule has 3 nitrogen and oxygen atoms in total. The molecule has 0 amide bonds. The van der Waals surface area contributed by atoms with Crippen molar-refractivity contribution in [3.05, 3.63) is 30.3 Å². The first-order chi connectivity index (χ1) is 7.38. The normalized spacial score (nSPS) is 17.4. The molecule has 2 N–H and O–H groups in total. The molecule has 0 heterocycles. The third-order valence-corrected chi connectivity index (χ3v) is 2.46. The van der Waals surface area contributed by atoms with Crippen molar-refractivity contribution < 1.29 is 9.84 Å². The van der Waals surface area contributed by atoms with Crippen molar-refractivity contribution in [2.75, 3.05) is 13.2 Å². The van der Waals surface area contributed by atoms with Gasteiger partial charge in [0.15, 0.2) is 0 Å². The van der Waals surface area contributed by atoms with E-state index < -0.39 is 0 Å². The minimum atomic E-state index is 0.0534. The van der Waals surface area contributed by atoms with Crippen LogP contribution in [0.2, 0.25) is 0 Å². The van der Waals surface area contributed by atoms with Crippen LogP contribution in [-0.4, -0.2) is 30.4 Å². The van der Waals surface area contributed by atoms with Crippen molar-refractivity contribution in [3.63, 3.8) is 0 Å². The van der Waals surface area contributed by atoms with Crippen LogP contribution in [0.3, 0.4) is 0 Å². The Morgan fingerprint density at radius 1 is 1.33 bits per heavy atom. The van der Waals surface area contributed by atoms with E-state index in [0.717, 1.165) is 5.75 Å². The molecule has 0 radical (unpaired) electrons. The molecule has 1 aliphatic rings. The SMILES string of the molecule is OCC(COc1ccccc1)NC1CC1. The molecule has 1 unspecified atom stereocenters. The zero-order valence-electron chi connectivity index (χ0n) is 8.73.